The number of carbonyl (C=O) groups is 1. The molecule has 1 heterocycles. The first kappa shape index (κ1) is 13.5. The lowest BCUT2D eigenvalue weighted by atomic mass is 10.1. The van der Waals surface area contributed by atoms with E-state index in [9.17, 15) is 4.79 Å². The van der Waals surface area contributed by atoms with Crippen LogP contribution in [0.15, 0.2) is 29.8 Å². The van der Waals surface area contributed by atoms with Crippen LogP contribution in [0, 0.1) is 13.8 Å². The molecule has 0 fully saturated rings. The summed E-state index contributed by atoms with van der Waals surface area (Å²) in [5.74, 6) is 0.530. The van der Waals surface area contributed by atoms with Gasteiger partial charge in [0.25, 0.3) is 5.91 Å². The van der Waals surface area contributed by atoms with Gasteiger partial charge in [0.2, 0.25) is 0 Å². The average molecular weight is 276 g/mol. The van der Waals surface area contributed by atoms with Crippen LogP contribution in [0.3, 0.4) is 0 Å². The summed E-state index contributed by atoms with van der Waals surface area (Å²) in [4.78, 5) is 15.9. The van der Waals surface area contributed by atoms with Gasteiger partial charge >= 0.3 is 0 Å². The Labute approximate surface area is 116 Å². The Morgan fingerprint density at radius 2 is 2.21 bits per heavy atom. The van der Waals surface area contributed by atoms with Crippen molar-refractivity contribution in [1.29, 1.82) is 0 Å². The van der Waals surface area contributed by atoms with Crippen molar-refractivity contribution in [2.24, 2.45) is 0 Å². The van der Waals surface area contributed by atoms with Crippen LogP contribution in [0.25, 0.3) is 0 Å². The van der Waals surface area contributed by atoms with Gasteiger partial charge in [0.15, 0.2) is 11.2 Å². The smallest absolute Gasteiger partial charge is 0.266 e. The lowest BCUT2D eigenvalue weighted by Crippen LogP contribution is -2.30. The molecule has 1 aromatic carbocycles. The topological polar surface area (TPSA) is 51.2 Å². The van der Waals surface area contributed by atoms with Gasteiger partial charge in [-0.3, -0.25) is 10.1 Å². The highest BCUT2D eigenvalue weighted by Crippen LogP contribution is 2.20. The molecule has 1 aromatic heterocycles. The van der Waals surface area contributed by atoms with E-state index in [-0.39, 0.29) is 5.91 Å². The monoisotopic (exact) mass is 276 g/mol. The fraction of sp³-hybridized carbons (Fsp3) is 0.286. The second-order valence-corrected chi connectivity index (χ2v) is 5.25. The first-order valence-corrected chi connectivity index (χ1v) is 6.88. The van der Waals surface area contributed by atoms with Crippen molar-refractivity contribution in [2.75, 3.05) is 5.32 Å². The number of ether oxygens (including phenoxy) is 1. The van der Waals surface area contributed by atoms with E-state index >= 15 is 0 Å². The maximum atomic E-state index is 11.9. The molecule has 1 atom stereocenters. The normalized spacial score (nSPS) is 11.9. The summed E-state index contributed by atoms with van der Waals surface area (Å²) in [5, 5.41) is 5.11. The van der Waals surface area contributed by atoms with E-state index in [4.69, 9.17) is 4.74 Å². The van der Waals surface area contributed by atoms with Crippen molar-refractivity contribution in [3.8, 4) is 5.75 Å². The number of nitrogens with one attached hydrogen (secondary N) is 1. The third kappa shape index (κ3) is 3.54. The minimum atomic E-state index is -0.565. The number of thiazole rings is 1. The number of aromatic nitrogens is 1. The Bertz CT molecular complexity index is 567. The molecule has 4 nitrogen and oxygen atoms in total. The number of rotatable bonds is 4. The van der Waals surface area contributed by atoms with Gasteiger partial charge in [0.1, 0.15) is 5.75 Å². The predicted octanol–water partition coefficient (Wildman–Crippen LogP) is 3.17. The third-order valence-corrected chi connectivity index (χ3v) is 3.35. The Hall–Kier alpha value is -1.88. The standard InChI is InChI=1S/C14H16N2O2S/c1-9-4-5-12(10(2)8-9)18-11(3)13(17)16-14-15-6-7-19-14/h4-8,11H,1-3H3,(H,15,16,17). The molecular formula is C14H16N2O2S. The number of hydrogen-bond acceptors (Lipinski definition) is 4. The predicted molar refractivity (Wildman–Crippen MR) is 76.7 cm³/mol. The van der Waals surface area contributed by atoms with Crippen molar-refractivity contribution in [3.05, 3.63) is 40.9 Å². The zero-order valence-corrected chi connectivity index (χ0v) is 12.0. The van der Waals surface area contributed by atoms with Crippen molar-refractivity contribution in [2.45, 2.75) is 26.9 Å². The zero-order chi connectivity index (χ0) is 13.8. The molecule has 0 saturated carbocycles. The van der Waals surface area contributed by atoms with Crippen molar-refractivity contribution >= 4 is 22.4 Å². The average Bonchev–Trinajstić information content (AvgIpc) is 2.85. The van der Waals surface area contributed by atoms with Crippen LogP contribution >= 0.6 is 11.3 Å². The Kier molecular flexibility index (Phi) is 4.16. The Morgan fingerprint density at radius 1 is 1.42 bits per heavy atom. The van der Waals surface area contributed by atoms with Crippen LogP contribution in [0.2, 0.25) is 0 Å². The van der Waals surface area contributed by atoms with Crippen molar-refractivity contribution in [1.82, 2.24) is 4.98 Å². The number of benzene rings is 1. The molecule has 5 heteroatoms. The molecule has 0 radical (unpaired) electrons. The summed E-state index contributed by atoms with van der Waals surface area (Å²) in [6, 6.07) is 5.88. The summed E-state index contributed by atoms with van der Waals surface area (Å²) >= 11 is 1.38. The lowest BCUT2D eigenvalue weighted by Gasteiger charge is -2.15. The molecule has 1 unspecified atom stereocenters. The first-order chi connectivity index (χ1) is 9.06. The number of anilines is 1. The maximum Gasteiger partial charge on any atom is 0.266 e. The van der Waals surface area contributed by atoms with Crippen molar-refractivity contribution < 1.29 is 9.53 Å². The van der Waals surface area contributed by atoms with E-state index in [0.29, 0.717) is 5.13 Å². The van der Waals surface area contributed by atoms with Gasteiger partial charge in [-0.25, -0.2) is 4.98 Å². The molecule has 1 amide bonds. The molecule has 0 aliphatic rings. The van der Waals surface area contributed by atoms with Crippen LogP contribution < -0.4 is 10.1 Å². The molecule has 0 saturated heterocycles. The molecule has 0 spiro atoms. The Balaban J connectivity index is 2.00. The molecule has 0 aliphatic heterocycles. The molecule has 1 N–H and O–H groups in total. The first-order valence-electron chi connectivity index (χ1n) is 6.00. The largest absolute Gasteiger partial charge is 0.481 e. The van der Waals surface area contributed by atoms with Gasteiger partial charge in [-0.2, -0.15) is 0 Å². The highest BCUT2D eigenvalue weighted by atomic mass is 32.1. The summed E-state index contributed by atoms with van der Waals surface area (Å²) < 4.78 is 5.68. The van der Waals surface area contributed by atoms with E-state index in [2.05, 4.69) is 10.3 Å². The van der Waals surface area contributed by atoms with E-state index in [1.807, 2.05) is 37.4 Å². The van der Waals surface area contributed by atoms with E-state index in [1.54, 1.807) is 13.1 Å². The Morgan fingerprint density at radius 3 is 2.84 bits per heavy atom. The third-order valence-electron chi connectivity index (χ3n) is 2.67. The number of hydrogen-bond donors (Lipinski definition) is 1. The second-order valence-electron chi connectivity index (χ2n) is 4.36. The van der Waals surface area contributed by atoms with Gasteiger partial charge in [-0.1, -0.05) is 17.7 Å². The highest BCUT2D eigenvalue weighted by molar-refractivity contribution is 7.13. The quantitative estimate of drug-likeness (QED) is 0.933. The molecule has 2 rings (SSSR count). The number of aryl methyl sites for hydroxylation is 2. The van der Waals surface area contributed by atoms with E-state index in [1.165, 1.54) is 16.9 Å². The van der Waals surface area contributed by atoms with Gasteiger partial charge in [-0.05, 0) is 32.4 Å². The molecule has 100 valence electrons. The van der Waals surface area contributed by atoms with E-state index in [0.717, 1.165) is 11.3 Å². The van der Waals surface area contributed by atoms with Gasteiger partial charge in [-0.15, -0.1) is 11.3 Å². The van der Waals surface area contributed by atoms with Crippen LogP contribution in [-0.2, 0) is 4.79 Å². The van der Waals surface area contributed by atoms with Gasteiger partial charge in [0, 0.05) is 11.6 Å². The van der Waals surface area contributed by atoms with E-state index < -0.39 is 6.10 Å². The lowest BCUT2D eigenvalue weighted by molar-refractivity contribution is -0.122. The van der Waals surface area contributed by atoms with Crippen LogP contribution in [0.4, 0.5) is 5.13 Å². The fourth-order valence-corrected chi connectivity index (χ4v) is 2.20. The zero-order valence-electron chi connectivity index (χ0n) is 11.1. The second kappa shape index (κ2) is 5.84. The summed E-state index contributed by atoms with van der Waals surface area (Å²) in [7, 11) is 0. The number of carbonyl (C=O) groups excluding carboxylic acids is 1. The van der Waals surface area contributed by atoms with Crippen LogP contribution in [0.5, 0.6) is 5.75 Å². The highest BCUT2D eigenvalue weighted by Gasteiger charge is 2.16. The minimum Gasteiger partial charge on any atom is -0.481 e. The molecular weight excluding hydrogens is 260 g/mol. The van der Waals surface area contributed by atoms with Crippen molar-refractivity contribution in [3.63, 3.8) is 0 Å². The van der Waals surface area contributed by atoms with Crippen LogP contribution in [0.1, 0.15) is 18.1 Å². The summed E-state index contributed by atoms with van der Waals surface area (Å²) in [6.07, 6.45) is 1.08. The molecule has 19 heavy (non-hydrogen) atoms. The molecule has 2 aromatic rings. The summed E-state index contributed by atoms with van der Waals surface area (Å²) in [5.41, 5.74) is 2.19. The SMILES string of the molecule is Cc1ccc(OC(C)C(=O)Nc2nccs2)c(C)c1. The fourth-order valence-electron chi connectivity index (χ4n) is 1.67. The number of nitrogens with zero attached hydrogens (tertiary/aromatic N) is 1. The molecule has 0 bridgehead atoms. The van der Waals surface area contributed by atoms with Gasteiger partial charge < -0.3 is 4.74 Å². The minimum absolute atomic E-state index is 0.199. The van der Waals surface area contributed by atoms with Gasteiger partial charge in [0.05, 0.1) is 0 Å². The molecule has 0 aliphatic carbocycles. The number of amides is 1. The summed E-state index contributed by atoms with van der Waals surface area (Å²) in [6.45, 7) is 5.71. The maximum absolute atomic E-state index is 11.9. The van der Waals surface area contributed by atoms with Crippen LogP contribution in [-0.4, -0.2) is 17.0 Å².